The lowest BCUT2D eigenvalue weighted by atomic mass is 10.3. The smallest absolute Gasteiger partial charge is 0.278 e. The van der Waals surface area contributed by atoms with Crippen LogP contribution in [0.25, 0.3) is 11.6 Å². The Hall–Kier alpha value is -1.34. The van der Waals surface area contributed by atoms with Crippen molar-refractivity contribution in [2.24, 2.45) is 5.73 Å². The summed E-state index contributed by atoms with van der Waals surface area (Å²) in [5.41, 5.74) is 6.18. The molecule has 19 heavy (non-hydrogen) atoms. The Morgan fingerprint density at radius 2 is 2.21 bits per heavy atom. The molecule has 7 heteroatoms. The highest BCUT2D eigenvalue weighted by molar-refractivity contribution is 7.99. The van der Waals surface area contributed by atoms with E-state index < -0.39 is 0 Å². The first kappa shape index (κ1) is 14.1. The van der Waals surface area contributed by atoms with Gasteiger partial charge in [0.2, 0.25) is 0 Å². The van der Waals surface area contributed by atoms with Gasteiger partial charge in [-0.3, -0.25) is 0 Å². The third-order valence-corrected chi connectivity index (χ3v) is 3.61. The highest BCUT2D eigenvalue weighted by atomic mass is 32.2. The Kier molecular flexibility index (Phi) is 4.26. The van der Waals surface area contributed by atoms with Crippen LogP contribution in [0, 0.1) is 0 Å². The van der Waals surface area contributed by atoms with Crippen molar-refractivity contribution in [1.29, 1.82) is 0 Å². The second kappa shape index (κ2) is 5.75. The minimum absolute atomic E-state index is 0.184. The van der Waals surface area contributed by atoms with E-state index in [1.54, 1.807) is 18.1 Å². The largest absolute Gasteiger partial charge is 0.335 e. The summed E-state index contributed by atoms with van der Waals surface area (Å²) in [6.07, 6.45) is 3.58. The lowest BCUT2D eigenvalue weighted by molar-refractivity contribution is 0.424. The molecule has 0 unspecified atom stereocenters. The molecule has 0 amide bonds. The summed E-state index contributed by atoms with van der Waals surface area (Å²) in [6, 6.07) is 0. The Morgan fingerprint density at radius 1 is 1.42 bits per heavy atom. The molecule has 6 nitrogen and oxygen atoms in total. The maximum atomic E-state index is 5.49. The number of hydrogen-bond acceptors (Lipinski definition) is 6. The Labute approximate surface area is 116 Å². The number of nitrogens with two attached hydrogens (primary N) is 1. The van der Waals surface area contributed by atoms with Crippen LogP contribution in [0.4, 0.5) is 0 Å². The maximum absolute atomic E-state index is 5.49. The topological polar surface area (TPSA) is 82.8 Å². The summed E-state index contributed by atoms with van der Waals surface area (Å²) in [5, 5.41) is 3.97. The summed E-state index contributed by atoms with van der Waals surface area (Å²) in [4.78, 5) is 8.58. The molecule has 0 atom stereocenters. The first-order chi connectivity index (χ1) is 8.98. The van der Waals surface area contributed by atoms with Gasteiger partial charge >= 0.3 is 0 Å². The molecule has 0 aliphatic carbocycles. The fourth-order valence-corrected chi connectivity index (χ4v) is 2.12. The summed E-state index contributed by atoms with van der Waals surface area (Å²) in [5.74, 6) is 1.89. The van der Waals surface area contributed by atoms with E-state index in [4.69, 9.17) is 10.3 Å². The van der Waals surface area contributed by atoms with Crippen molar-refractivity contribution in [2.75, 3.05) is 6.54 Å². The zero-order valence-corrected chi connectivity index (χ0v) is 12.3. The van der Waals surface area contributed by atoms with E-state index in [-0.39, 0.29) is 4.75 Å². The van der Waals surface area contributed by atoms with Crippen molar-refractivity contribution >= 4 is 11.8 Å². The molecule has 0 saturated carbocycles. The Bertz CT molecular complexity index is 528. The molecule has 2 aromatic heterocycles. The van der Waals surface area contributed by atoms with E-state index >= 15 is 0 Å². The molecule has 2 aromatic rings. The van der Waals surface area contributed by atoms with Crippen LogP contribution in [0.1, 0.15) is 26.6 Å². The predicted octanol–water partition coefficient (Wildman–Crippen LogP) is 1.92. The maximum Gasteiger partial charge on any atom is 0.278 e. The normalized spacial score (nSPS) is 12.0. The molecule has 2 rings (SSSR count). The molecule has 0 aliphatic heterocycles. The number of rotatable bonds is 5. The van der Waals surface area contributed by atoms with Gasteiger partial charge in [-0.15, -0.1) is 11.8 Å². The third kappa shape index (κ3) is 4.07. The fourth-order valence-electron chi connectivity index (χ4n) is 1.44. The fraction of sp³-hybridized carbons (Fsp3) is 0.583. The summed E-state index contributed by atoms with van der Waals surface area (Å²) in [6.45, 7) is 7.79. The summed E-state index contributed by atoms with van der Waals surface area (Å²) >= 11 is 1.78. The SMILES string of the molecule is CC(C)(C)SCc1noc(-c2cn(CCN)cn2)n1. The number of hydrogen-bond donors (Lipinski definition) is 1. The Morgan fingerprint density at radius 3 is 2.89 bits per heavy atom. The minimum Gasteiger partial charge on any atom is -0.335 e. The molecule has 104 valence electrons. The van der Waals surface area contributed by atoms with E-state index in [1.165, 1.54) is 0 Å². The quantitative estimate of drug-likeness (QED) is 0.901. The molecule has 0 fully saturated rings. The van der Waals surface area contributed by atoms with E-state index in [0.29, 0.717) is 24.0 Å². The average molecular weight is 281 g/mol. The average Bonchev–Trinajstić information content (AvgIpc) is 2.93. The van der Waals surface area contributed by atoms with E-state index in [9.17, 15) is 0 Å². The summed E-state index contributed by atoms with van der Waals surface area (Å²) < 4.78 is 7.32. The van der Waals surface area contributed by atoms with Gasteiger partial charge in [-0.25, -0.2) is 4.98 Å². The van der Waals surface area contributed by atoms with Gasteiger partial charge in [-0.2, -0.15) is 4.98 Å². The third-order valence-electron chi connectivity index (χ3n) is 2.34. The van der Waals surface area contributed by atoms with Gasteiger partial charge in [0.15, 0.2) is 5.82 Å². The standard InChI is InChI=1S/C12H19N5OS/c1-12(2,3)19-7-10-15-11(18-16-10)9-6-17(5-4-13)8-14-9/h6,8H,4-5,7,13H2,1-3H3. The first-order valence-electron chi connectivity index (χ1n) is 6.17. The molecule has 0 spiro atoms. The molecule has 2 heterocycles. The van der Waals surface area contributed by atoms with Crippen LogP contribution < -0.4 is 5.73 Å². The second-order valence-corrected chi connectivity index (χ2v) is 7.00. The van der Waals surface area contributed by atoms with Gasteiger partial charge in [-0.1, -0.05) is 25.9 Å². The van der Waals surface area contributed by atoms with Crippen LogP contribution in [0.3, 0.4) is 0 Å². The number of thioether (sulfide) groups is 1. The van der Waals surface area contributed by atoms with Gasteiger partial charge < -0.3 is 14.8 Å². The van der Waals surface area contributed by atoms with Gasteiger partial charge in [0.05, 0.1) is 12.1 Å². The molecular weight excluding hydrogens is 262 g/mol. The summed E-state index contributed by atoms with van der Waals surface area (Å²) in [7, 11) is 0. The zero-order chi connectivity index (χ0) is 13.9. The number of imidazole rings is 1. The second-order valence-electron chi connectivity index (χ2n) is 5.20. The number of aromatic nitrogens is 4. The molecule has 0 radical (unpaired) electrons. The molecule has 0 saturated heterocycles. The monoisotopic (exact) mass is 281 g/mol. The molecule has 0 aromatic carbocycles. The number of nitrogens with zero attached hydrogens (tertiary/aromatic N) is 4. The van der Waals surface area contributed by atoms with Crippen LogP contribution in [0.15, 0.2) is 17.0 Å². The zero-order valence-electron chi connectivity index (χ0n) is 11.5. The van der Waals surface area contributed by atoms with E-state index in [0.717, 1.165) is 12.3 Å². The van der Waals surface area contributed by atoms with Crippen molar-refractivity contribution in [1.82, 2.24) is 19.7 Å². The van der Waals surface area contributed by atoms with Crippen molar-refractivity contribution in [3.05, 3.63) is 18.3 Å². The van der Waals surface area contributed by atoms with Gasteiger partial charge in [0.25, 0.3) is 5.89 Å². The van der Waals surface area contributed by atoms with Crippen molar-refractivity contribution in [3.63, 3.8) is 0 Å². The van der Waals surface area contributed by atoms with Crippen molar-refractivity contribution < 1.29 is 4.52 Å². The van der Waals surface area contributed by atoms with Gasteiger partial charge in [0.1, 0.15) is 5.69 Å². The Balaban J connectivity index is 2.03. The highest BCUT2D eigenvalue weighted by Gasteiger charge is 2.15. The highest BCUT2D eigenvalue weighted by Crippen LogP contribution is 2.26. The van der Waals surface area contributed by atoms with E-state index in [1.807, 2.05) is 10.8 Å². The van der Waals surface area contributed by atoms with Crippen LogP contribution in [0.5, 0.6) is 0 Å². The van der Waals surface area contributed by atoms with Gasteiger partial charge in [-0.05, 0) is 0 Å². The van der Waals surface area contributed by atoms with E-state index in [2.05, 4.69) is 35.9 Å². The molecular formula is C12H19N5OS. The lowest BCUT2D eigenvalue weighted by Crippen LogP contribution is -2.07. The predicted molar refractivity (Wildman–Crippen MR) is 75.6 cm³/mol. The molecule has 0 bridgehead atoms. The molecule has 0 aliphatic rings. The minimum atomic E-state index is 0.184. The van der Waals surface area contributed by atoms with Crippen LogP contribution >= 0.6 is 11.8 Å². The van der Waals surface area contributed by atoms with Gasteiger partial charge in [0, 0.05) is 24.0 Å². The van der Waals surface area contributed by atoms with Crippen molar-refractivity contribution in [3.8, 4) is 11.6 Å². The van der Waals surface area contributed by atoms with Crippen LogP contribution in [-0.2, 0) is 12.3 Å². The lowest BCUT2D eigenvalue weighted by Gasteiger charge is -2.15. The van der Waals surface area contributed by atoms with Crippen LogP contribution in [-0.4, -0.2) is 31.0 Å². The molecule has 2 N–H and O–H groups in total. The first-order valence-corrected chi connectivity index (χ1v) is 7.15. The van der Waals surface area contributed by atoms with Crippen molar-refractivity contribution in [2.45, 2.75) is 37.8 Å². The van der Waals surface area contributed by atoms with Crippen LogP contribution in [0.2, 0.25) is 0 Å².